The Morgan fingerprint density at radius 1 is 1.13 bits per heavy atom. The molecular formula is C17H17F2NO3. The average molecular weight is 321 g/mol. The Labute approximate surface area is 132 Å². The molecule has 0 bridgehead atoms. The second-order valence-electron chi connectivity index (χ2n) is 5.11. The number of nitrogens with one attached hydrogen (secondary N) is 1. The molecule has 23 heavy (non-hydrogen) atoms. The van der Waals surface area contributed by atoms with Crippen LogP contribution in [-0.4, -0.2) is 24.2 Å². The smallest absolute Gasteiger partial charge is 0.251 e. The summed E-state index contributed by atoms with van der Waals surface area (Å²) in [5, 5.41) is 12.8. The Bertz CT molecular complexity index is 689. The summed E-state index contributed by atoms with van der Waals surface area (Å²) in [6, 6.07) is 8.91. The van der Waals surface area contributed by atoms with Crippen LogP contribution < -0.4 is 10.1 Å². The quantitative estimate of drug-likeness (QED) is 0.890. The number of carbonyl (C=O) groups excluding carboxylic acids is 1. The molecule has 0 aliphatic heterocycles. The number of carbonyl (C=O) groups is 1. The predicted octanol–water partition coefficient (Wildman–Crippen LogP) is 2.83. The standard InChI is InChI=1S/C17H17F2NO3/c1-10(16(21)12-5-8-14(18)15(19)9-12)20-17(22)11-3-6-13(23-2)7-4-11/h3-10,16,21H,1-2H3,(H,20,22). The Kier molecular flexibility index (Phi) is 5.28. The van der Waals surface area contributed by atoms with Gasteiger partial charge in [0.25, 0.3) is 5.91 Å². The van der Waals surface area contributed by atoms with E-state index in [1.54, 1.807) is 31.2 Å². The lowest BCUT2D eigenvalue weighted by Crippen LogP contribution is -2.37. The number of methoxy groups -OCH3 is 1. The molecule has 2 aromatic carbocycles. The van der Waals surface area contributed by atoms with Crippen LogP contribution in [0.2, 0.25) is 0 Å². The lowest BCUT2D eigenvalue weighted by atomic mass is 10.0. The molecule has 0 saturated heterocycles. The second-order valence-corrected chi connectivity index (χ2v) is 5.11. The van der Waals surface area contributed by atoms with Gasteiger partial charge < -0.3 is 15.2 Å². The predicted molar refractivity (Wildman–Crippen MR) is 81.2 cm³/mol. The van der Waals surface area contributed by atoms with Crippen LogP contribution in [-0.2, 0) is 0 Å². The van der Waals surface area contributed by atoms with Crippen molar-refractivity contribution < 1.29 is 23.4 Å². The van der Waals surface area contributed by atoms with Crippen molar-refractivity contribution in [2.75, 3.05) is 7.11 Å². The van der Waals surface area contributed by atoms with E-state index in [0.29, 0.717) is 11.3 Å². The van der Waals surface area contributed by atoms with Crippen LogP contribution in [0.1, 0.15) is 28.9 Å². The van der Waals surface area contributed by atoms with E-state index in [4.69, 9.17) is 4.74 Å². The van der Waals surface area contributed by atoms with Gasteiger partial charge in [-0.1, -0.05) is 6.07 Å². The van der Waals surface area contributed by atoms with Gasteiger partial charge >= 0.3 is 0 Å². The summed E-state index contributed by atoms with van der Waals surface area (Å²) in [5.74, 6) is -1.80. The van der Waals surface area contributed by atoms with Gasteiger partial charge in [-0.25, -0.2) is 8.78 Å². The van der Waals surface area contributed by atoms with Crippen molar-refractivity contribution in [2.45, 2.75) is 19.1 Å². The number of halogens is 2. The minimum Gasteiger partial charge on any atom is -0.497 e. The summed E-state index contributed by atoms with van der Waals surface area (Å²) in [6.45, 7) is 1.58. The third-order valence-corrected chi connectivity index (χ3v) is 3.47. The largest absolute Gasteiger partial charge is 0.497 e. The summed E-state index contributed by atoms with van der Waals surface area (Å²) in [5.41, 5.74) is 0.585. The van der Waals surface area contributed by atoms with Gasteiger partial charge in [-0.15, -0.1) is 0 Å². The van der Waals surface area contributed by atoms with Crippen LogP contribution in [0.25, 0.3) is 0 Å². The molecular weight excluding hydrogens is 304 g/mol. The highest BCUT2D eigenvalue weighted by Gasteiger charge is 2.20. The fourth-order valence-corrected chi connectivity index (χ4v) is 2.10. The van der Waals surface area contributed by atoms with Crippen molar-refractivity contribution in [2.24, 2.45) is 0 Å². The average Bonchev–Trinajstić information content (AvgIpc) is 2.56. The van der Waals surface area contributed by atoms with Crippen LogP contribution in [0.3, 0.4) is 0 Å². The molecule has 0 aliphatic rings. The molecule has 1 amide bonds. The maximum atomic E-state index is 13.2. The first-order valence-corrected chi connectivity index (χ1v) is 7.00. The highest BCUT2D eigenvalue weighted by molar-refractivity contribution is 5.94. The Morgan fingerprint density at radius 2 is 1.78 bits per heavy atom. The van der Waals surface area contributed by atoms with E-state index < -0.39 is 23.8 Å². The van der Waals surface area contributed by atoms with Gasteiger partial charge in [0.2, 0.25) is 0 Å². The summed E-state index contributed by atoms with van der Waals surface area (Å²) in [7, 11) is 1.52. The highest BCUT2D eigenvalue weighted by atomic mass is 19.2. The molecule has 2 unspecified atom stereocenters. The summed E-state index contributed by atoms with van der Waals surface area (Å²) < 4.78 is 31.1. The van der Waals surface area contributed by atoms with E-state index in [1.165, 1.54) is 13.2 Å². The molecule has 2 rings (SSSR count). The number of aliphatic hydroxyl groups excluding tert-OH is 1. The molecule has 6 heteroatoms. The van der Waals surface area contributed by atoms with Crippen LogP contribution in [0.15, 0.2) is 42.5 Å². The molecule has 0 heterocycles. The first kappa shape index (κ1) is 16.9. The van der Waals surface area contributed by atoms with E-state index in [0.717, 1.165) is 12.1 Å². The van der Waals surface area contributed by atoms with Crippen molar-refractivity contribution in [1.29, 1.82) is 0 Å². The van der Waals surface area contributed by atoms with E-state index in [2.05, 4.69) is 5.32 Å². The number of rotatable bonds is 5. The third-order valence-electron chi connectivity index (χ3n) is 3.47. The zero-order valence-electron chi connectivity index (χ0n) is 12.7. The molecule has 0 aliphatic carbocycles. The number of aliphatic hydroxyl groups is 1. The number of benzene rings is 2. The molecule has 2 aromatic rings. The van der Waals surface area contributed by atoms with Crippen molar-refractivity contribution in [3.05, 3.63) is 65.2 Å². The van der Waals surface area contributed by atoms with Crippen LogP contribution in [0.5, 0.6) is 5.75 Å². The normalized spacial score (nSPS) is 13.3. The number of hydrogen-bond acceptors (Lipinski definition) is 3. The SMILES string of the molecule is COc1ccc(C(=O)NC(C)C(O)c2ccc(F)c(F)c2)cc1. The van der Waals surface area contributed by atoms with E-state index in [1.807, 2.05) is 0 Å². The van der Waals surface area contributed by atoms with Gasteiger partial charge in [0.05, 0.1) is 19.3 Å². The van der Waals surface area contributed by atoms with Crippen molar-refractivity contribution in [1.82, 2.24) is 5.32 Å². The number of hydrogen-bond donors (Lipinski definition) is 2. The number of ether oxygens (including phenoxy) is 1. The monoisotopic (exact) mass is 321 g/mol. The Balaban J connectivity index is 2.05. The molecule has 0 radical (unpaired) electrons. The lowest BCUT2D eigenvalue weighted by molar-refractivity contribution is 0.0851. The zero-order chi connectivity index (χ0) is 17.0. The first-order valence-electron chi connectivity index (χ1n) is 7.00. The van der Waals surface area contributed by atoms with E-state index in [-0.39, 0.29) is 11.5 Å². The molecule has 0 saturated carbocycles. The lowest BCUT2D eigenvalue weighted by Gasteiger charge is -2.21. The fraction of sp³-hybridized carbons (Fsp3) is 0.235. The van der Waals surface area contributed by atoms with Gasteiger partial charge in [-0.2, -0.15) is 0 Å². The van der Waals surface area contributed by atoms with Crippen molar-refractivity contribution in [3.63, 3.8) is 0 Å². The minimum atomic E-state index is -1.16. The minimum absolute atomic E-state index is 0.187. The molecule has 0 aromatic heterocycles. The topological polar surface area (TPSA) is 58.6 Å². The van der Waals surface area contributed by atoms with Gasteiger partial charge in [0.15, 0.2) is 11.6 Å². The first-order chi connectivity index (χ1) is 10.9. The maximum absolute atomic E-state index is 13.2. The van der Waals surface area contributed by atoms with Gasteiger partial charge in [-0.05, 0) is 48.9 Å². The molecule has 122 valence electrons. The summed E-state index contributed by atoms with van der Waals surface area (Å²) in [6.07, 6.45) is -1.16. The highest BCUT2D eigenvalue weighted by Crippen LogP contribution is 2.20. The molecule has 2 N–H and O–H groups in total. The van der Waals surface area contributed by atoms with Gasteiger partial charge in [0.1, 0.15) is 5.75 Å². The van der Waals surface area contributed by atoms with Crippen molar-refractivity contribution >= 4 is 5.91 Å². The van der Waals surface area contributed by atoms with Crippen LogP contribution in [0.4, 0.5) is 8.78 Å². The van der Waals surface area contributed by atoms with Gasteiger partial charge in [0, 0.05) is 5.56 Å². The second kappa shape index (κ2) is 7.19. The van der Waals surface area contributed by atoms with E-state index in [9.17, 15) is 18.7 Å². The van der Waals surface area contributed by atoms with Crippen LogP contribution >= 0.6 is 0 Å². The molecule has 0 fully saturated rings. The van der Waals surface area contributed by atoms with Crippen LogP contribution in [0, 0.1) is 11.6 Å². The zero-order valence-corrected chi connectivity index (χ0v) is 12.7. The third kappa shape index (κ3) is 4.04. The molecule has 0 spiro atoms. The molecule has 4 nitrogen and oxygen atoms in total. The van der Waals surface area contributed by atoms with E-state index >= 15 is 0 Å². The Morgan fingerprint density at radius 3 is 2.35 bits per heavy atom. The number of amides is 1. The molecule has 2 atom stereocenters. The van der Waals surface area contributed by atoms with Crippen molar-refractivity contribution in [3.8, 4) is 5.75 Å². The summed E-state index contributed by atoms with van der Waals surface area (Å²) in [4.78, 5) is 12.1. The summed E-state index contributed by atoms with van der Waals surface area (Å²) >= 11 is 0. The van der Waals surface area contributed by atoms with Gasteiger partial charge in [-0.3, -0.25) is 4.79 Å². The Hall–Kier alpha value is -2.47. The fourth-order valence-electron chi connectivity index (χ4n) is 2.10. The maximum Gasteiger partial charge on any atom is 0.251 e.